The van der Waals surface area contributed by atoms with Crippen molar-refractivity contribution in [3.8, 4) is 0 Å². The van der Waals surface area contributed by atoms with E-state index < -0.39 is 0 Å². The highest BCUT2D eigenvalue weighted by Gasteiger charge is 2.29. The number of likely N-dealkylation sites (tertiary alicyclic amines) is 2. The minimum absolute atomic E-state index is 0.0351. The minimum Gasteiger partial charge on any atom is -0.358 e. The van der Waals surface area contributed by atoms with Gasteiger partial charge in [-0.05, 0) is 32.2 Å². The summed E-state index contributed by atoms with van der Waals surface area (Å²) in [5.41, 5.74) is 0. The zero-order valence-electron chi connectivity index (χ0n) is 12.6. The first-order chi connectivity index (χ1) is 9.70. The van der Waals surface area contributed by atoms with Gasteiger partial charge in [-0.2, -0.15) is 0 Å². The molecule has 114 valence electrons. The third-order valence-corrected chi connectivity index (χ3v) is 4.42. The van der Waals surface area contributed by atoms with E-state index in [0.29, 0.717) is 12.5 Å². The van der Waals surface area contributed by atoms with Gasteiger partial charge in [-0.25, -0.2) is 0 Å². The smallest absolute Gasteiger partial charge is 0.233 e. The standard InChI is InChI=1S/C15H27N3O2/c1-16-14(19)12-17-8-6-7-13(11-17)15(20)18-9-4-2-3-5-10-18/h13H,2-12H2,1H3,(H,16,19). The third kappa shape index (κ3) is 4.20. The molecule has 2 amide bonds. The van der Waals surface area contributed by atoms with Crippen LogP contribution in [-0.4, -0.2) is 61.4 Å². The fraction of sp³-hybridized carbons (Fsp3) is 0.867. The van der Waals surface area contributed by atoms with Gasteiger partial charge >= 0.3 is 0 Å². The van der Waals surface area contributed by atoms with Crippen LogP contribution in [0.15, 0.2) is 0 Å². The van der Waals surface area contributed by atoms with Crippen molar-refractivity contribution < 1.29 is 9.59 Å². The molecule has 1 unspecified atom stereocenters. The molecule has 0 aromatic heterocycles. The van der Waals surface area contributed by atoms with Gasteiger partial charge in [-0.3, -0.25) is 14.5 Å². The summed E-state index contributed by atoms with van der Waals surface area (Å²) in [5.74, 6) is 0.438. The maximum atomic E-state index is 12.6. The predicted molar refractivity (Wildman–Crippen MR) is 78.3 cm³/mol. The van der Waals surface area contributed by atoms with E-state index in [9.17, 15) is 9.59 Å². The molecule has 0 aliphatic carbocycles. The summed E-state index contributed by atoms with van der Waals surface area (Å²) in [6, 6.07) is 0. The second-order valence-corrected chi connectivity index (χ2v) is 5.99. The Labute approximate surface area is 121 Å². The van der Waals surface area contributed by atoms with Crippen LogP contribution in [0.25, 0.3) is 0 Å². The predicted octanol–water partition coefficient (Wildman–Crippen LogP) is 0.847. The van der Waals surface area contributed by atoms with Crippen LogP contribution in [0.2, 0.25) is 0 Å². The number of piperidine rings is 1. The summed E-state index contributed by atoms with van der Waals surface area (Å²) in [5, 5.41) is 2.65. The van der Waals surface area contributed by atoms with Gasteiger partial charge in [0.05, 0.1) is 12.5 Å². The second kappa shape index (κ2) is 7.62. The average molecular weight is 281 g/mol. The number of amides is 2. The van der Waals surface area contributed by atoms with Crippen molar-refractivity contribution in [2.75, 3.05) is 39.8 Å². The molecular weight excluding hydrogens is 254 g/mol. The van der Waals surface area contributed by atoms with Crippen LogP contribution in [0.3, 0.4) is 0 Å². The van der Waals surface area contributed by atoms with Crippen molar-refractivity contribution in [2.45, 2.75) is 38.5 Å². The normalized spacial score (nSPS) is 25.1. The van der Waals surface area contributed by atoms with Crippen LogP contribution in [0.1, 0.15) is 38.5 Å². The number of hydrogen-bond donors (Lipinski definition) is 1. The zero-order chi connectivity index (χ0) is 14.4. The maximum absolute atomic E-state index is 12.6. The van der Waals surface area contributed by atoms with Crippen LogP contribution in [-0.2, 0) is 9.59 Å². The summed E-state index contributed by atoms with van der Waals surface area (Å²) in [6.45, 7) is 3.93. The number of hydrogen-bond acceptors (Lipinski definition) is 3. The number of nitrogens with one attached hydrogen (secondary N) is 1. The molecule has 1 N–H and O–H groups in total. The molecule has 2 heterocycles. The van der Waals surface area contributed by atoms with Gasteiger partial charge in [-0.15, -0.1) is 0 Å². The molecule has 0 radical (unpaired) electrons. The molecular formula is C15H27N3O2. The van der Waals surface area contributed by atoms with E-state index in [4.69, 9.17) is 0 Å². The number of likely N-dealkylation sites (N-methyl/N-ethyl adjacent to an activating group) is 1. The summed E-state index contributed by atoms with van der Waals surface area (Å²) >= 11 is 0. The quantitative estimate of drug-likeness (QED) is 0.834. The highest BCUT2D eigenvalue weighted by atomic mass is 16.2. The van der Waals surface area contributed by atoms with Crippen LogP contribution >= 0.6 is 0 Å². The molecule has 5 nitrogen and oxygen atoms in total. The first-order valence-corrected chi connectivity index (χ1v) is 7.92. The molecule has 0 aromatic rings. The Balaban J connectivity index is 1.87. The van der Waals surface area contributed by atoms with Gasteiger partial charge < -0.3 is 10.2 Å². The summed E-state index contributed by atoms with van der Waals surface area (Å²) in [7, 11) is 1.66. The van der Waals surface area contributed by atoms with E-state index in [-0.39, 0.29) is 11.8 Å². The van der Waals surface area contributed by atoms with Gasteiger partial charge in [-0.1, -0.05) is 12.8 Å². The molecule has 2 aliphatic rings. The fourth-order valence-electron chi connectivity index (χ4n) is 3.23. The van der Waals surface area contributed by atoms with Crippen LogP contribution in [0.5, 0.6) is 0 Å². The highest BCUT2D eigenvalue weighted by Crippen LogP contribution is 2.20. The van der Waals surface area contributed by atoms with E-state index in [1.54, 1.807) is 7.05 Å². The Bertz CT molecular complexity index is 338. The van der Waals surface area contributed by atoms with Gasteiger partial charge in [0, 0.05) is 26.7 Å². The third-order valence-electron chi connectivity index (χ3n) is 4.42. The topological polar surface area (TPSA) is 52.7 Å². The monoisotopic (exact) mass is 281 g/mol. The number of carbonyl (C=O) groups is 2. The van der Waals surface area contributed by atoms with E-state index in [1.165, 1.54) is 12.8 Å². The molecule has 0 saturated carbocycles. The van der Waals surface area contributed by atoms with Crippen molar-refractivity contribution in [1.82, 2.24) is 15.1 Å². The Morgan fingerprint density at radius 3 is 2.40 bits per heavy atom. The van der Waals surface area contributed by atoms with Gasteiger partial charge in [0.25, 0.3) is 0 Å². The number of rotatable bonds is 3. The van der Waals surface area contributed by atoms with E-state index in [1.807, 2.05) is 0 Å². The van der Waals surface area contributed by atoms with Crippen LogP contribution < -0.4 is 5.32 Å². The molecule has 20 heavy (non-hydrogen) atoms. The second-order valence-electron chi connectivity index (χ2n) is 5.99. The van der Waals surface area contributed by atoms with E-state index >= 15 is 0 Å². The molecule has 1 atom stereocenters. The van der Waals surface area contributed by atoms with Crippen LogP contribution in [0, 0.1) is 5.92 Å². The highest BCUT2D eigenvalue weighted by molar-refractivity contribution is 5.80. The maximum Gasteiger partial charge on any atom is 0.233 e. The Morgan fingerprint density at radius 2 is 1.75 bits per heavy atom. The lowest BCUT2D eigenvalue weighted by Gasteiger charge is -2.34. The van der Waals surface area contributed by atoms with E-state index in [2.05, 4.69) is 15.1 Å². The average Bonchev–Trinajstić information content (AvgIpc) is 2.75. The van der Waals surface area contributed by atoms with Gasteiger partial charge in [0.2, 0.25) is 11.8 Å². The van der Waals surface area contributed by atoms with Crippen molar-refractivity contribution in [2.24, 2.45) is 5.92 Å². The SMILES string of the molecule is CNC(=O)CN1CCCC(C(=O)N2CCCCCC2)C1. The van der Waals surface area contributed by atoms with E-state index in [0.717, 1.165) is 51.9 Å². The number of carbonyl (C=O) groups excluding carboxylic acids is 2. The minimum atomic E-state index is 0.0351. The molecule has 0 bridgehead atoms. The first-order valence-electron chi connectivity index (χ1n) is 7.92. The zero-order valence-corrected chi connectivity index (χ0v) is 12.6. The summed E-state index contributed by atoms with van der Waals surface area (Å²) in [6.07, 6.45) is 6.76. The largest absolute Gasteiger partial charge is 0.358 e. The first kappa shape index (κ1) is 15.3. The number of nitrogens with zero attached hydrogens (tertiary/aromatic N) is 2. The Morgan fingerprint density at radius 1 is 1.05 bits per heavy atom. The molecule has 2 saturated heterocycles. The molecule has 2 rings (SSSR count). The lowest BCUT2D eigenvalue weighted by molar-refractivity contribution is -0.138. The Hall–Kier alpha value is -1.10. The van der Waals surface area contributed by atoms with Crippen molar-refractivity contribution in [3.63, 3.8) is 0 Å². The summed E-state index contributed by atoms with van der Waals surface area (Å²) in [4.78, 5) is 28.2. The molecule has 5 heteroatoms. The fourth-order valence-corrected chi connectivity index (χ4v) is 3.23. The molecule has 2 fully saturated rings. The van der Waals surface area contributed by atoms with Crippen molar-refractivity contribution >= 4 is 11.8 Å². The van der Waals surface area contributed by atoms with Crippen molar-refractivity contribution in [1.29, 1.82) is 0 Å². The molecule has 0 aromatic carbocycles. The Kier molecular flexibility index (Phi) is 5.83. The van der Waals surface area contributed by atoms with Crippen molar-refractivity contribution in [3.05, 3.63) is 0 Å². The lowest BCUT2D eigenvalue weighted by Crippen LogP contribution is -2.47. The summed E-state index contributed by atoms with van der Waals surface area (Å²) < 4.78 is 0. The molecule has 0 spiro atoms. The molecule has 2 aliphatic heterocycles. The van der Waals surface area contributed by atoms with Crippen LogP contribution in [0.4, 0.5) is 0 Å². The van der Waals surface area contributed by atoms with Gasteiger partial charge in [0.1, 0.15) is 0 Å². The van der Waals surface area contributed by atoms with Gasteiger partial charge in [0.15, 0.2) is 0 Å². The lowest BCUT2D eigenvalue weighted by atomic mass is 9.96.